The predicted octanol–water partition coefficient (Wildman–Crippen LogP) is 7.99. The highest BCUT2D eigenvalue weighted by Crippen LogP contribution is 2.39. The second kappa shape index (κ2) is 11.2. The molecule has 0 amide bonds. The van der Waals surface area contributed by atoms with Crippen molar-refractivity contribution in [2.24, 2.45) is 0 Å². The van der Waals surface area contributed by atoms with Crippen LogP contribution in [0.2, 0.25) is 12.1 Å². The van der Waals surface area contributed by atoms with Crippen LogP contribution in [0.25, 0.3) is 0 Å². The zero-order valence-electron chi connectivity index (χ0n) is 15.3. The monoisotopic (exact) mass is 568 g/mol. The van der Waals surface area contributed by atoms with Crippen LogP contribution in [0.3, 0.4) is 0 Å². The highest BCUT2D eigenvalue weighted by Gasteiger charge is 2.43. The van der Waals surface area contributed by atoms with Gasteiger partial charge in [0, 0.05) is 23.6 Å². The van der Waals surface area contributed by atoms with Crippen molar-refractivity contribution >= 4 is 111 Å². The standard InChI is InChI=1S/C20H20Cl8Si/c21-15(11-19(23,24)25)13-29(17-7-3-1-4-8-17,18-9-5-2-6-10-18)14-16(22)12-20(26,27)28/h1-10,15-16H,11-14H2. The van der Waals surface area contributed by atoms with Gasteiger partial charge >= 0.3 is 0 Å². The second-order valence-corrected chi connectivity index (χ2v) is 17.5. The lowest BCUT2D eigenvalue weighted by molar-refractivity contribution is 0.795. The Morgan fingerprint density at radius 2 is 0.897 bits per heavy atom. The van der Waals surface area contributed by atoms with E-state index in [1.54, 1.807) is 0 Å². The van der Waals surface area contributed by atoms with E-state index >= 15 is 0 Å². The van der Waals surface area contributed by atoms with Gasteiger partial charge < -0.3 is 0 Å². The maximum Gasteiger partial charge on any atom is 0.192 e. The number of benzene rings is 2. The first-order chi connectivity index (χ1) is 13.4. The third kappa shape index (κ3) is 8.79. The van der Waals surface area contributed by atoms with Crippen molar-refractivity contribution < 1.29 is 0 Å². The summed E-state index contributed by atoms with van der Waals surface area (Å²) in [4.78, 5) is 0. The topological polar surface area (TPSA) is 0 Å². The normalized spacial score (nSPS) is 15.2. The summed E-state index contributed by atoms with van der Waals surface area (Å²) in [7, 11) is -2.49. The fourth-order valence-corrected chi connectivity index (χ4v) is 12.2. The van der Waals surface area contributed by atoms with Crippen molar-refractivity contribution in [3.63, 3.8) is 0 Å². The smallest absolute Gasteiger partial charge is 0.123 e. The van der Waals surface area contributed by atoms with Gasteiger partial charge in [-0.25, -0.2) is 0 Å². The summed E-state index contributed by atoms with van der Waals surface area (Å²) < 4.78 is -2.87. The van der Waals surface area contributed by atoms with Crippen LogP contribution in [0.1, 0.15) is 12.8 Å². The summed E-state index contributed by atoms with van der Waals surface area (Å²) in [6, 6.07) is 21.7. The molecule has 0 radical (unpaired) electrons. The Balaban J connectivity index is 2.53. The van der Waals surface area contributed by atoms with E-state index in [4.69, 9.17) is 92.8 Å². The van der Waals surface area contributed by atoms with E-state index in [1.807, 2.05) is 36.4 Å². The lowest BCUT2D eigenvalue weighted by atomic mass is 10.3. The first-order valence-corrected chi connectivity index (χ1v) is 14.5. The average Bonchev–Trinajstić information content (AvgIpc) is 2.59. The van der Waals surface area contributed by atoms with Crippen molar-refractivity contribution in [3.8, 4) is 0 Å². The van der Waals surface area contributed by atoms with Gasteiger partial charge in [-0.15, -0.1) is 23.2 Å². The Morgan fingerprint density at radius 1 is 0.586 bits per heavy atom. The molecule has 0 bridgehead atoms. The molecule has 29 heavy (non-hydrogen) atoms. The molecule has 0 aliphatic heterocycles. The summed E-state index contributed by atoms with van der Waals surface area (Å²) in [5.74, 6) is 0. The molecule has 0 aliphatic rings. The Kier molecular flexibility index (Phi) is 10.1. The van der Waals surface area contributed by atoms with Crippen LogP contribution in [0.5, 0.6) is 0 Å². The molecule has 2 unspecified atom stereocenters. The van der Waals surface area contributed by atoms with Gasteiger partial charge in [0.15, 0.2) is 7.59 Å². The van der Waals surface area contributed by atoms with E-state index in [0.29, 0.717) is 12.1 Å². The molecule has 0 spiro atoms. The van der Waals surface area contributed by atoms with E-state index in [-0.39, 0.29) is 23.6 Å². The van der Waals surface area contributed by atoms with Crippen LogP contribution < -0.4 is 10.4 Å². The van der Waals surface area contributed by atoms with Crippen LogP contribution in [-0.4, -0.2) is 26.4 Å². The molecule has 2 atom stereocenters. The Labute approximate surface area is 213 Å². The summed E-state index contributed by atoms with van der Waals surface area (Å²) in [5.41, 5.74) is 0. The molecule has 0 aromatic heterocycles. The molecule has 0 aliphatic carbocycles. The van der Waals surface area contributed by atoms with E-state index < -0.39 is 15.7 Å². The average molecular weight is 572 g/mol. The fourth-order valence-electron chi connectivity index (χ4n) is 3.64. The number of halogens is 8. The van der Waals surface area contributed by atoms with Crippen LogP contribution in [0, 0.1) is 0 Å². The van der Waals surface area contributed by atoms with Crippen molar-refractivity contribution in [3.05, 3.63) is 60.7 Å². The Hall–Kier alpha value is 0.977. The minimum atomic E-state index is -2.49. The summed E-state index contributed by atoms with van der Waals surface area (Å²) in [5, 5.41) is 1.67. The van der Waals surface area contributed by atoms with Crippen molar-refractivity contribution in [2.75, 3.05) is 0 Å². The molecule has 0 nitrogen and oxygen atoms in total. The van der Waals surface area contributed by atoms with Crippen molar-refractivity contribution in [1.82, 2.24) is 0 Å². The minimum absolute atomic E-state index is 0.227. The highest BCUT2D eigenvalue weighted by atomic mass is 35.6. The van der Waals surface area contributed by atoms with Crippen LogP contribution in [-0.2, 0) is 0 Å². The first-order valence-electron chi connectivity index (χ1n) is 8.94. The first kappa shape index (κ1) is 26.2. The zero-order valence-corrected chi connectivity index (χ0v) is 22.3. The third-order valence-corrected chi connectivity index (χ3v) is 12.0. The summed E-state index contributed by atoms with van der Waals surface area (Å²) in [6.07, 6.45) is 0.454. The second-order valence-electron chi connectivity index (χ2n) is 7.06. The van der Waals surface area contributed by atoms with E-state index in [9.17, 15) is 0 Å². The maximum absolute atomic E-state index is 6.73. The quantitative estimate of drug-likeness (QED) is 0.222. The zero-order chi connectivity index (χ0) is 21.7. The molecule has 0 saturated heterocycles. The fraction of sp³-hybridized carbons (Fsp3) is 0.400. The van der Waals surface area contributed by atoms with E-state index in [2.05, 4.69) is 24.3 Å². The lowest BCUT2D eigenvalue weighted by Crippen LogP contribution is -2.60. The van der Waals surface area contributed by atoms with Gasteiger partial charge in [-0.05, 0) is 12.1 Å². The van der Waals surface area contributed by atoms with Gasteiger partial charge in [0.1, 0.15) is 8.07 Å². The number of rotatable bonds is 8. The van der Waals surface area contributed by atoms with Crippen LogP contribution in [0.15, 0.2) is 60.7 Å². The van der Waals surface area contributed by atoms with Crippen molar-refractivity contribution in [1.29, 1.82) is 0 Å². The molecule has 160 valence electrons. The molecule has 0 N–H and O–H groups in total. The van der Waals surface area contributed by atoms with Gasteiger partial charge in [-0.1, -0.05) is 141 Å². The lowest BCUT2D eigenvalue weighted by Gasteiger charge is -2.37. The maximum atomic E-state index is 6.73. The molecule has 0 heterocycles. The van der Waals surface area contributed by atoms with Gasteiger partial charge in [-0.3, -0.25) is 0 Å². The summed E-state index contributed by atoms with van der Waals surface area (Å²) in [6.45, 7) is 0. The molecule has 0 saturated carbocycles. The van der Waals surface area contributed by atoms with Crippen LogP contribution in [0.4, 0.5) is 0 Å². The summed E-state index contributed by atoms with van der Waals surface area (Å²) >= 11 is 49.6. The third-order valence-electron chi connectivity index (χ3n) is 4.70. The van der Waals surface area contributed by atoms with Crippen LogP contribution >= 0.6 is 92.8 Å². The van der Waals surface area contributed by atoms with Crippen molar-refractivity contribution in [2.45, 2.75) is 43.3 Å². The van der Waals surface area contributed by atoms with Gasteiger partial charge in [0.25, 0.3) is 0 Å². The molecular formula is C20H20Cl8Si. The predicted molar refractivity (Wildman–Crippen MR) is 137 cm³/mol. The largest absolute Gasteiger partial charge is 0.192 e. The Bertz CT molecular complexity index is 677. The minimum Gasteiger partial charge on any atom is -0.123 e. The molecule has 2 aromatic carbocycles. The Morgan fingerprint density at radius 3 is 1.17 bits per heavy atom. The SMILES string of the molecule is ClC(CC(Cl)(Cl)Cl)C[Si](CC(Cl)CC(Cl)(Cl)Cl)(c1ccccc1)c1ccccc1. The molecule has 2 aromatic rings. The van der Waals surface area contributed by atoms with Gasteiger partial charge in [0.05, 0.1) is 0 Å². The van der Waals surface area contributed by atoms with E-state index in [1.165, 1.54) is 10.4 Å². The molecule has 9 heteroatoms. The van der Waals surface area contributed by atoms with Gasteiger partial charge in [0.2, 0.25) is 0 Å². The van der Waals surface area contributed by atoms with E-state index in [0.717, 1.165) is 0 Å². The number of alkyl halides is 8. The highest BCUT2D eigenvalue weighted by molar-refractivity contribution is 7.03. The molecular weight excluding hydrogens is 552 g/mol. The van der Waals surface area contributed by atoms with Gasteiger partial charge in [-0.2, -0.15) is 0 Å². The molecule has 2 rings (SSSR count). The molecule has 0 fully saturated rings. The number of hydrogen-bond acceptors (Lipinski definition) is 0. The number of hydrogen-bond donors (Lipinski definition) is 0.